The molecule has 0 spiro atoms. The van der Waals surface area contributed by atoms with E-state index in [9.17, 15) is 26.7 Å². The molecular formula is C12H7F5N2O. The fraction of sp³-hybridized carbons (Fsp3) is 0.167. The minimum absolute atomic E-state index is 0.145. The fourth-order valence-corrected chi connectivity index (χ4v) is 1.51. The molecule has 0 aliphatic carbocycles. The number of Topliss-reactive ketones (excluding diaryl/α,β-unsaturated/α-hetero) is 1. The lowest BCUT2D eigenvalue weighted by molar-refractivity contribution is -0.141. The molecule has 0 amide bonds. The summed E-state index contributed by atoms with van der Waals surface area (Å²) in [5.41, 5.74) is -1.27. The summed E-state index contributed by atoms with van der Waals surface area (Å²) in [7, 11) is 0. The zero-order valence-electron chi connectivity index (χ0n) is 9.79. The average Bonchev–Trinajstić information content (AvgIpc) is 2.81. The van der Waals surface area contributed by atoms with Crippen molar-refractivity contribution in [3.63, 3.8) is 0 Å². The quantitative estimate of drug-likeness (QED) is 0.643. The molecule has 20 heavy (non-hydrogen) atoms. The van der Waals surface area contributed by atoms with Crippen LogP contribution in [0.15, 0.2) is 30.5 Å². The maximum atomic E-state index is 12.9. The topological polar surface area (TPSA) is 34.9 Å². The first-order valence-electron chi connectivity index (χ1n) is 5.36. The first-order chi connectivity index (χ1) is 9.27. The first-order valence-corrected chi connectivity index (χ1v) is 5.36. The Hall–Kier alpha value is -2.25. The predicted molar refractivity (Wildman–Crippen MR) is 57.9 cm³/mol. The van der Waals surface area contributed by atoms with Gasteiger partial charge in [-0.1, -0.05) is 0 Å². The summed E-state index contributed by atoms with van der Waals surface area (Å²) in [6, 6.07) is 3.23. The van der Waals surface area contributed by atoms with Gasteiger partial charge in [-0.25, -0.2) is 8.78 Å². The molecule has 0 N–H and O–H groups in total. The van der Waals surface area contributed by atoms with Crippen molar-refractivity contribution in [2.24, 2.45) is 0 Å². The van der Waals surface area contributed by atoms with Crippen LogP contribution in [0.3, 0.4) is 0 Å². The van der Waals surface area contributed by atoms with Gasteiger partial charge < -0.3 is 0 Å². The number of carbonyl (C=O) groups is 1. The molecule has 2 aromatic rings. The SMILES string of the molecule is O=C(Cn1ccc(C(F)(F)F)n1)c1ccc(F)c(F)c1. The van der Waals surface area contributed by atoms with Gasteiger partial charge in [-0.15, -0.1) is 0 Å². The molecule has 0 fully saturated rings. The Morgan fingerprint density at radius 3 is 2.40 bits per heavy atom. The molecule has 1 heterocycles. The van der Waals surface area contributed by atoms with Crippen LogP contribution in [0.4, 0.5) is 22.0 Å². The van der Waals surface area contributed by atoms with E-state index < -0.39 is 35.8 Å². The zero-order chi connectivity index (χ0) is 14.9. The van der Waals surface area contributed by atoms with Gasteiger partial charge in [-0.2, -0.15) is 18.3 Å². The standard InChI is InChI=1S/C12H7F5N2O/c13-8-2-1-7(5-9(8)14)10(20)6-19-4-3-11(18-19)12(15,16)17/h1-5H,6H2. The lowest BCUT2D eigenvalue weighted by Crippen LogP contribution is -2.13. The number of rotatable bonds is 3. The van der Waals surface area contributed by atoms with Crippen LogP contribution < -0.4 is 0 Å². The number of ketones is 1. The van der Waals surface area contributed by atoms with Crippen LogP contribution in [0.25, 0.3) is 0 Å². The minimum Gasteiger partial charge on any atom is -0.292 e. The molecule has 0 aliphatic heterocycles. The summed E-state index contributed by atoms with van der Waals surface area (Å²) in [6.07, 6.45) is -3.61. The van der Waals surface area contributed by atoms with Gasteiger partial charge in [0.2, 0.25) is 0 Å². The van der Waals surface area contributed by atoms with Gasteiger partial charge in [-0.05, 0) is 24.3 Å². The molecule has 0 aliphatic rings. The molecule has 0 unspecified atom stereocenters. The third kappa shape index (κ3) is 3.01. The van der Waals surface area contributed by atoms with Crippen molar-refractivity contribution in [3.05, 3.63) is 53.4 Å². The van der Waals surface area contributed by atoms with E-state index >= 15 is 0 Å². The number of carbonyl (C=O) groups excluding carboxylic acids is 1. The van der Waals surface area contributed by atoms with E-state index in [2.05, 4.69) is 5.10 Å². The second kappa shape index (κ2) is 5.03. The molecule has 3 nitrogen and oxygen atoms in total. The maximum Gasteiger partial charge on any atom is 0.435 e. The second-order valence-corrected chi connectivity index (χ2v) is 3.95. The van der Waals surface area contributed by atoms with Gasteiger partial charge in [0.25, 0.3) is 0 Å². The average molecular weight is 290 g/mol. The molecule has 8 heteroatoms. The number of aromatic nitrogens is 2. The van der Waals surface area contributed by atoms with Crippen LogP contribution in [-0.4, -0.2) is 15.6 Å². The van der Waals surface area contributed by atoms with Gasteiger partial charge in [0.15, 0.2) is 23.1 Å². The minimum atomic E-state index is -4.60. The molecule has 0 radical (unpaired) electrons. The Bertz CT molecular complexity index is 648. The molecule has 0 saturated carbocycles. The summed E-state index contributed by atoms with van der Waals surface area (Å²) in [6.45, 7) is -0.499. The summed E-state index contributed by atoms with van der Waals surface area (Å²) in [5, 5.41) is 3.19. The molecule has 1 aromatic carbocycles. The summed E-state index contributed by atoms with van der Waals surface area (Å²) in [4.78, 5) is 11.7. The van der Waals surface area contributed by atoms with Gasteiger partial charge >= 0.3 is 6.18 Å². The molecule has 0 bridgehead atoms. The molecule has 106 valence electrons. The number of nitrogens with zero attached hydrogens (tertiary/aromatic N) is 2. The zero-order valence-corrected chi connectivity index (χ0v) is 9.79. The summed E-state index contributed by atoms with van der Waals surface area (Å²) in [5.74, 6) is -2.99. The Balaban J connectivity index is 2.15. The Morgan fingerprint density at radius 2 is 1.85 bits per heavy atom. The van der Waals surface area contributed by atoms with Gasteiger partial charge in [0, 0.05) is 11.8 Å². The van der Waals surface area contributed by atoms with Crippen LogP contribution in [-0.2, 0) is 12.7 Å². The highest BCUT2D eigenvalue weighted by Gasteiger charge is 2.33. The predicted octanol–water partition coefficient (Wildman–Crippen LogP) is 3.06. The van der Waals surface area contributed by atoms with E-state index in [-0.39, 0.29) is 5.56 Å². The van der Waals surface area contributed by atoms with Crippen LogP contribution in [0.2, 0.25) is 0 Å². The van der Waals surface area contributed by atoms with Crippen molar-refractivity contribution in [1.82, 2.24) is 9.78 Å². The first kappa shape index (κ1) is 14.2. The largest absolute Gasteiger partial charge is 0.435 e. The van der Waals surface area contributed by atoms with E-state index in [1.165, 1.54) is 0 Å². The number of benzene rings is 1. The van der Waals surface area contributed by atoms with Crippen LogP contribution in [0.5, 0.6) is 0 Å². The maximum absolute atomic E-state index is 12.9. The number of alkyl halides is 3. The Morgan fingerprint density at radius 1 is 1.15 bits per heavy atom. The van der Waals surface area contributed by atoms with Gasteiger partial charge in [0.05, 0.1) is 0 Å². The van der Waals surface area contributed by atoms with Crippen molar-refractivity contribution >= 4 is 5.78 Å². The lowest BCUT2D eigenvalue weighted by atomic mass is 10.1. The van der Waals surface area contributed by atoms with Gasteiger partial charge in [-0.3, -0.25) is 9.48 Å². The third-order valence-electron chi connectivity index (χ3n) is 2.48. The molecule has 0 atom stereocenters. The normalized spacial score (nSPS) is 11.7. The second-order valence-electron chi connectivity index (χ2n) is 3.95. The van der Waals surface area contributed by atoms with Crippen molar-refractivity contribution in [2.45, 2.75) is 12.7 Å². The fourth-order valence-electron chi connectivity index (χ4n) is 1.51. The molecule has 1 aromatic heterocycles. The highest BCUT2D eigenvalue weighted by Crippen LogP contribution is 2.27. The van der Waals surface area contributed by atoms with Gasteiger partial charge in [0.1, 0.15) is 6.54 Å². The Kier molecular flexibility index (Phi) is 3.56. The van der Waals surface area contributed by atoms with Crippen molar-refractivity contribution in [1.29, 1.82) is 0 Å². The van der Waals surface area contributed by atoms with Crippen LogP contribution in [0.1, 0.15) is 16.1 Å². The van der Waals surface area contributed by atoms with E-state index in [1.54, 1.807) is 0 Å². The van der Waals surface area contributed by atoms with Crippen molar-refractivity contribution < 1.29 is 26.7 Å². The van der Waals surface area contributed by atoms with E-state index in [0.717, 1.165) is 29.1 Å². The number of halogens is 5. The third-order valence-corrected chi connectivity index (χ3v) is 2.48. The molecule has 0 saturated heterocycles. The van der Waals surface area contributed by atoms with E-state index in [1.807, 2.05) is 0 Å². The summed E-state index contributed by atoms with van der Waals surface area (Å²) >= 11 is 0. The van der Waals surface area contributed by atoms with Crippen LogP contribution >= 0.6 is 0 Å². The molecule has 2 rings (SSSR count). The Labute approximate surface area is 109 Å². The monoisotopic (exact) mass is 290 g/mol. The van der Waals surface area contributed by atoms with E-state index in [4.69, 9.17) is 0 Å². The number of hydrogen-bond donors (Lipinski definition) is 0. The smallest absolute Gasteiger partial charge is 0.292 e. The highest BCUT2D eigenvalue weighted by atomic mass is 19.4. The van der Waals surface area contributed by atoms with Crippen molar-refractivity contribution in [2.75, 3.05) is 0 Å². The lowest BCUT2D eigenvalue weighted by Gasteiger charge is -2.03. The molecular weight excluding hydrogens is 283 g/mol. The van der Waals surface area contributed by atoms with E-state index in [0.29, 0.717) is 6.07 Å². The number of hydrogen-bond acceptors (Lipinski definition) is 2. The summed E-state index contributed by atoms with van der Waals surface area (Å²) < 4.78 is 63.3. The van der Waals surface area contributed by atoms with Crippen molar-refractivity contribution in [3.8, 4) is 0 Å². The highest BCUT2D eigenvalue weighted by molar-refractivity contribution is 5.95. The van der Waals surface area contributed by atoms with Crippen LogP contribution in [0, 0.1) is 11.6 Å².